The van der Waals surface area contributed by atoms with Crippen LogP contribution < -0.4 is 0 Å². The fourth-order valence-electron chi connectivity index (χ4n) is 6.98. The third-order valence-electron chi connectivity index (χ3n) is 10.9. The molecule has 0 rings (SSSR count). The van der Waals surface area contributed by atoms with Gasteiger partial charge in [0.2, 0.25) is 0 Å². The number of esters is 3. The van der Waals surface area contributed by atoms with Crippen LogP contribution in [0.4, 0.5) is 0 Å². The van der Waals surface area contributed by atoms with Crippen LogP contribution in [0.1, 0.15) is 239 Å². The zero-order valence-electron chi connectivity index (χ0n) is 41.1. The van der Waals surface area contributed by atoms with Gasteiger partial charge in [0.1, 0.15) is 13.2 Å². The van der Waals surface area contributed by atoms with Gasteiger partial charge < -0.3 is 14.2 Å². The van der Waals surface area contributed by atoms with Crippen molar-refractivity contribution in [3.05, 3.63) is 85.1 Å². The van der Waals surface area contributed by atoms with Crippen molar-refractivity contribution < 1.29 is 28.6 Å². The lowest BCUT2D eigenvalue weighted by Crippen LogP contribution is -2.30. The minimum atomic E-state index is -0.795. The Balaban J connectivity index is 4.44. The molecule has 0 aliphatic rings. The molecule has 0 aliphatic heterocycles. The second-order valence-corrected chi connectivity index (χ2v) is 17.1. The average molecular weight is 877 g/mol. The molecule has 0 amide bonds. The van der Waals surface area contributed by atoms with Crippen molar-refractivity contribution in [3.8, 4) is 0 Å². The highest BCUT2D eigenvalue weighted by Gasteiger charge is 2.19. The smallest absolute Gasteiger partial charge is 0.306 e. The molecule has 1 unspecified atom stereocenters. The molecule has 0 aromatic carbocycles. The van der Waals surface area contributed by atoms with Crippen molar-refractivity contribution in [2.45, 2.75) is 245 Å². The van der Waals surface area contributed by atoms with Crippen LogP contribution in [0.15, 0.2) is 85.1 Å². The monoisotopic (exact) mass is 877 g/mol. The molecule has 0 fully saturated rings. The third kappa shape index (κ3) is 49.5. The van der Waals surface area contributed by atoms with Crippen molar-refractivity contribution in [1.29, 1.82) is 0 Å². The van der Waals surface area contributed by atoms with Crippen LogP contribution in [0.25, 0.3) is 0 Å². The summed E-state index contributed by atoms with van der Waals surface area (Å²) < 4.78 is 16.8. The lowest BCUT2D eigenvalue weighted by atomic mass is 10.0. The minimum Gasteiger partial charge on any atom is -0.462 e. The molecule has 0 heterocycles. The summed E-state index contributed by atoms with van der Waals surface area (Å²) in [6, 6.07) is 0. The van der Waals surface area contributed by atoms with Gasteiger partial charge in [-0.05, 0) is 89.9 Å². The molecule has 1 atom stereocenters. The number of unbranched alkanes of at least 4 members (excludes halogenated alkanes) is 21. The van der Waals surface area contributed by atoms with Crippen LogP contribution in [-0.4, -0.2) is 37.2 Å². The van der Waals surface area contributed by atoms with Gasteiger partial charge in [0.15, 0.2) is 6.10 Å². The largest absolute Gasteiger partial charge is 0.462 e. The molecule has 0 aliphatic carbocycles. The number of carbonyl (C=O) groups is 3. The molecular weight excluding hydrogens is 781 g/mol. The molecule has 0 saturated carbocycles. The Morgan fingerprint density at radius 3 is 1.05 bits per heavy atom. The summed E-state index contributed by atoms with van der Waals surface area (Å²) in [6.45, 7) is 6.42. The number of allylic oxidation sites excluding steroid dienone is 14. The fraction of sp³-hybridized carbons (Fsp3) is 0.702. The Morgan fingerprint density at radius 2 is 0.651 bits per heavy atom. The topological polar surface area (TPSA) is 78.9 Å². The van der Waals surface area contributed by atoms with Gasteiger partial charge in [-0.15, -0.1) is 0 Å². The zero-order valence-corrected chi connectivity index (χ0v) is 41.1. The van der Waals surface area contributed by atoms with E-state index in [1.165, 1.54) is 70.6 Å². The van der Waals surface area contributed by atoms with Gasteiger partial charge in [0.05, 0.1) is 0 Å². The summed E-state index contributed by atoms with van der Waals surface area (Å²) in [5.41, 5.74) is 0. The van der Waals surface area contributed by atoms with Crippen molar-refractivity contribution in [2.24, 2.45) is 0 Å². The molecule has 63 heavy (non-hydrogen) atoms. The van der Waals surface area contributed by atoms with E-state index in [1.807, 2.05) is 0 Å². The van der Waals surface area contributed by atoms with Crippen molar-refractivity contribution >= 4 is 17.9 Å². The summed E-state index contributed by atoms with van der Waals surface area (Å²) >= 11 is 0. The number of ether oxygens (including phenoxy) is 3. The normalized spacial score (nSPS) is 12.7. The molecule has 0 aromatic heterocycles. The summed E-state index contributed by atoms with van der Waals surface area (Å²) in [7, 11) is 0. The quantitative estimate of drug-likeness (QED) is 0.0262. The SMILES string of the molecule is CC/C=C\C/C=C\C/C=C\C/C=C\C/C=C\CCCCCC(=O)OCC(COC(=O)CCCCCCCCCCCCCCC)OC(=O)CCCCCCC/C=C\C/C=C\CCC. The van der Waals surface area contributed by atoms with Gasteiger partial charge in [-0.2, -0.15) is 0 Å². The van der Waals surface area contributed by atoms with E-state index in [0.29, 0.717) is 19.3 Å². The van der Waals surface area contributed by atoms with Gasteiger partial charge in [-0.1, -0.05) is 215 Å². The fourth-order valence-corrected chi connectivity index (χ4v) is 6.98. The first-order valence-corrected chi connectivity index (χ1v) is 26.1. The number of carbonyl (C=O) groups excluding carboxylic acids is 3. The van der Waals surface area contributed by atoms with Crippen LogP contribution in [-0.2, 0) is 28.6 Å². The van der Waals surface area contributed by atoms with E-state index in [0.717, 1.165) is 128 Å². The zero-order chi connectivity index (χ0) is 45.8. The summed E-state index contributed by atoms with van der Waals surface area (Å²) in [4.78, 5) is 38.0. The third-order valence-corrected chi connectivity index (χ3v) is 10.9. The molecule has 0 aromatic rings. The average Bonchev–Trinajstić information content (AvgIpc) is 3.28. The van der Waals surface area contributed by atoms with Gasteiger partial charge in [0, 0.05) is 19.3 Å². The molecular formula is C57H96O6. The molecule has 0 radical (unpaired) electrons. The van der Waals surface area contributed by atoms with E-state index in [9.17, 15) is 14.4 Å². The minimum absolute atomic E-state index is 0.0918. The molecule has 6 nitrogen and oxygen atoms in total. The summed E-state index contributed by atoms with van der Waals surface area (Å²) in [5, 5.41) is 0. The van der Waals surface area contributed by atoms with Gasteiger partial charge in [-0.3, -0.25) is 14.4 Å². The second kappa shape index (κ2) is 51.2. The molecule has 0 saturated heterocycles. The number of hydrogen-bond donors (Lipinski definition) is 0. The van der Waals surface area contributed by atoms with Crippen molar-refractivity contribution in [2.75, 3.05) is 13.2 Å². The molecule has 0 bridgehead atoms. The Morgan fingerprint density at radius 1 is 0.333 bits per heavy atom. The summed E-state index contributed by atoms with van der Waals surface area (Å²) in [6.07, 6.45) is 65.6. The van der Waals surface area contributed by atoms with Gasteiger partial charge in [0.25, 0.3) is 0 Å². The Bertz CT molecular complexity index is 1240. The van der Waals surface area contributed by atoms with Crippen LogP contribution in [0.2, 0.25) is 0 Å². The first-order chi connectivity index (χ1) is 31.0. The second-order valence-electron chi connectivity index (χ2n) is 17.1. The highest BCUT2D eigenvalue weighted by molar-refractivity contribution is 5.71. The molecule has 6 heteroatoms. The first-order valence-electron chi connectivity index (χ1n) is 26.1. The number of rotatable bonds is 46. The molecule has 0 spiro atoms. The van der Waals surface area contributed by atoms with Crippen molar-refractivity contribution in [3.63, 3.8) is 0 Å². The van der Waals surface area contributed by atoms with Crippen molar-refractivity contribution in [1.82, 2.24) is 0 Å². The van der Waals surface area contributed by atoms with Crippen LogP contribution in [0.5, 0.6) is 0 Å². The van der Waals surface area contributed by atoms with E-state index >= 15 is 0 Å². The highest BCUT2D eigenvalue weighted by Crippen LogP contribution is 2.14. The van der Waals surface area contributed by atoms with E-state index in [4.69, 9.17) is 14.2 Å². The lowest BCUT2D eigenvalue weighted by Gasteiger charge is -2.18. The van der Waals surface area contributed by atoms with Crippen LogP contribution in [0, 0.1) is 0 Å². The van der Waals surface area contributed by atoms with Crippen LogP contribution >= 0.6 is 0 Å². The maximum atomic E-state index is 12.8. The van der Waals surface area contributed by atoms with Gasteiger partial charge >= 0.3 is 17.9 Å². The van der Waals surface area contributed by atoms with E-state index < -0.39 is 6.10 Å². The Labute approximate surface area is 388 Å². The van der Waals surface area contributed by atoms with E-state index in [-0.39, 0.29) is 31.1 Å². The van der Waals surface area contributed by atoms with Crippen LogP contribution in [0.3, 0.4) is 0 Å². The standard InChI is InChI=1S/C57H96O6/c1-4-7-10-13-16-19-22-25-26-27-28-29-30-33-35-38-41-44-47-50-56(59)62-53-54(63-57(60)51-48-45-42-39-36-32-24-21-18-15-12-9-6-3)52-61-55(58)49-46-43-40-37-34-31-23-20-17-14-11-8-5-2/h7,10,12,15-16,19,21,24-26,28-29,33,35,54H,4-6,8-9,11,13-14,17-18,20,22-23,27,30-32,34,36-53H2,1-3H3/b10-7-,15-12-,19-16-,24-21-,26-25-,29-28-,35-33-. The van der Waals surface area contributed by atoms with E-state index in [2.05, 4.69) is 106 Å². The predicted octanol–water partition coefficient (Wildman–Crippen LogP) is 17.2. The predicted molar refractivity (Wildman–Crippen MR) is 270 cm³/mol. The van der Waals surface area contributed by atoms with Gasteiger partial charge in [-0.25, -0.2) is 0 Å². The highest BCUT2D eigenvalue weighted by atomic mass is 16.6. The maximum Gasteiger partial charge on any atom is 0.306 e. The summed E-state index contributed by atoms with van der Waals surface area (Å²) in [5.74, 6) is -0.939. The first kappa shape index (κ1) is 59.6. The maximum absolute atomic E-state index is 12.8. The molecule has 0 N–H and O–H groups in total. The molecule has 360 valence electrons. The Hall–Kier alpha value is -3.41. The lowest BCUT2D eigenvalue weighted by molar-refractivity contribution is -0.167. The Kier molecular flexibility index (Phi) is 48.5. The number of hydrogen-bond acceptors (Lipinski definition) is 6. The van der Waals surface area contributed by atoms with E-state index in [1.54, 1.807) is 0 Å².